The lowest BCUT2D eigenvalue weighted by Crippen LogP contribution is -2.51. The molecule has 0 aliphatic heterocycles. The van der Waals surface area contributed by atoms with Gasteiger partial charge in [0.1, 0.15) is 0 Å². The molecule has 3 nitrogen and oxygen atoms in total. The van der Waals surface area contributed by atoms with Gasteiger partial charge in [0.15, 0.2) is 0 Å². The van der Waals surface area contributed by atoms with Crippen LogP contribution in [0.3, 0.4) is 0 Å². The Balaban J connectivity index is 4.26. The molecule has 0 saturated carbocycles. The van der Waals surface area contributed by atoms with Gasteiger partial charge in [-0.25, -0.2) is 0 Å². The largest absolute Gasteiger partial charge is 0.353 e. The molecule has 2 N–H and O–H groups in total. The molecule has 0 spiro atoms. The smallest absolute Gasteiger partial charge is 0.237 e. The van der Waals surface area contributed by atoms with Crippen molar-refractivity contribution in [1.29, 1.82) is 0 Å². The number of hydrogen-bond acceptors (Lipinski definition) is 2. The van der Waals surface area contributed by atoms with Crippen LogP contribution < -0.4 is 10.6 Å². The minimum atomic E-state index is -0.0857. The number of hydrogen-bond donors (Lipinski definition) is 2. The van der Waals surface area contributed by atoms with Crippen molar-refractivity contribution in [3.8, 4) is 0 Å². The first-order valence-corrected chi connectivity index (χ1v) is 5.41. The fourth-order valence-electron chi connectivity index (χ4n) is 1.30. The minimum absolute atomic E-state index is 0.0857. The van der Waals surface area contributed by atoms with Gasteiger partial charge in [-0.15, -0.1) is 0 Å². The second-order valence-corrected chi connectivity index (χ2v) is 4.71. The zero-order valence-corrected chi connectivity index (χ0v) is 10.2. The summed E-state index contributed by atoms with van der Waals surface area (Å²) in [5.74, 6) is 0.417. The van der Waals surface area contributed by atoms with Crippen LogP contribution in [0.25, 0.3) is 0 Å². The van der Waals surface area contributed by atoms with Gasteiger partial charge in [0.25, 0.3) is 0 Å². The van der Waals surface area contributed by atoms with E-state index in [0.717, 1.165) is 0 Å². The summed E-state index contributed by atoms with van der Waals surface area (Å²) < 4.78 is 0. The molecule has 0 aromatic heterocycles. The first kappa shape index (κ1) is 13.4. The monoisotopic (exact) mass is 200 g/mol. The fourth-order valence-corrected chi connectivity index (χ4v) is 1.30. The lowest BCUT2D eigenvalue weighted by Gasteiger charge is -2.24. The maximum atomic E-state index is 11.8. The second-order valence-electron chi connectivity index (χ2n) is 4.71. The molecule has 0 bridgehead atoms. The van der Waals surface area contributed by atoms with Gasteiger partial charge in [-0.05, 0) is 19.8 Å². The number of carbonyl (C=O) groups excluding carboxylic acids is 1. The standard InChI is InChI=1S/C11H24N2O/c1-7(2)10(12-8(3)4)11(14)13-9(5)6/h7-10,12H,1-6H3,(H,13,14). The van der Waals surface area contributed by atoms with E-state index in [9.17, 15) is 4.79 Å². The first-order chi connectivity index (χ1) is 6.34. The minimum Gasteiger partial charge on any atom is -0.353 e. The van der Waals surface area contributed by atoms with Crippen LogP contribution in [-0.2, 0) is 4.79 Å². The number of carbonyl (C=O) groups is 1. The van der Waals surface area contributed by atoms with Crippen LogP contribution in [0.1, 0.15) is 41.5 Å². The molecule has 0 rings (SSSR count). The molecule has 0 radical (unpaired) electrons. The van der Waals surface area contributed by atoms with Crippen molar-refractivity contribution in [3.05, 3.63) is 0 Å². The van der Waals surface area contributed by atoms with Gasteiger partial charge in [-0.3, -0.25) is 4.79 Å². The highest BCUT2D eigenvalue weighted by molar-refractivity contribution is 5.82. The zero-order chi connectivity index (χ0) is 11.3. The van der Waals surface area contributed by atoms with E-state index in [0.29, 0.717) is 12.0 Å². The quantitative estimate of drug-likeness (QED) is 0.706. The van der Waals surface area contributed by atoms with Crippen molar-refractivity contribution in [2.75, 3.05) is 0 Å². The fraction of sp³-hybridized carbons (Fsp3) is 0.909. The number of nitrogens with one attached hydrogen (secondary N) is 2. The van der Waals surface area contributed by atoms with Crippen LogP contribution in [0.15, 0.2) is 0 Å². The molecular weight excluding hydrogens is 176 g/mol. The Morgan fingerprint density at radius 2 is 1.43 bits per heavy atom. The molecule has 0 aliphatic rings. The highest BCUT2D eigenvalue weighted by atomic mass is 16.2. The van der Waals surface area contributed by atoms with Crippen molar-refractivity contribution in [1.82, 2.24) is 10.6 Å². The Labute approximate surface area is 87.6 Å². The average molecular weight is 200 g/mol. The lowest BCUT2D eigenvalue weighted by molar-refractivity contribution is -0.124. The molecular formula is C11H24N2O. The van der Waals surface area contributed by atoms with Gasteiger partial charge in [0.2, 0.25) is 5.91 Å². The summed E-state index contributed by atoms with van der Waals surface area (Å²) in [4.78, 5) is 11.8. The van der Waals surface area contributed by atoms with Crippen LogP contribution in [0.4, 0.5) is 0 Å². The summed E-state index contributed by atoms with van der Waals surface area (Å²) in [6.45, 7) is 12.2. The Morgan fingerprint density at radius 3 is 1.71 bits per heavy atom. The number of rotatable bonds is 5. The van der Waals surface area contributed by atoms with Crippen molar-refractivity contribution in [2.45, 2.75) is 59.7 Å². The number of amides is 1. The van der Waals surface area contributed by atoms with Crippen LogP contribution in [0, 0.1) is 5.92 Å². The highest BCUT2D eigenvalue weighted by Crippen LogP contribution is 2.03. The van der Waals surface area contributed by atoms with E-state index in [-0.39, 0.29) is 18.0 Å². The van der Waals surface area contributed by atoms with Gasteiger partial charge < -0.3 is 10.6 Å². The summed E-state index contributed by atoms with van der Waals surface area (Å²) in [7, 11) is 0. The van der Waals surface area contributed by atoms with E-state index >= 15 is 0 Å². The summed E-state index contributed by atoms with van der Waals surface area (Å²) in [6, 6.07) is 0.454. The molecule has 1 atom stereocenters. The predicted octanol–water partition coefficient (Wildman–Crippen LogP) is 1.53. The third kappa shape index (κ3) is 5.22. The predicted molar refractivity (Wildman–Crippen MR) is 60.2 cm³/mol. The van der Waals surface area contributed by atoms with Crippen molar-refractivity contribution >= 4 is 5.91 Å². The molecule has 0 aromatic rings. The van der Waals surface area contributed by atoms with E-state index in [1.807, 2.05) is 13.8 Å². The van der Waals surface area contributed by atoms with Crippen molar-refractivity contribution < 1.29 is 4.79 Å². The zero-order valence-electron chi connectivity index (χ0n) is 10.2. The van der Waals surface area contributed by atoms with Gasteiger partial charge in [0.05, 0.1) is 6.04 Å². The van der Waals surface area contributed by atoms with Gasteiger partial charge in [-0.2, -0.15) is 0 Å². The normalized spacial score (nSPS) is 13.8. The van der Waals surface area contributed by atoms with Crippen molar-refractivity contribution in [3.63, 3.8) is 0 Å². The molecule has 0 heterocycles. The molecule has 0 aromatic carbocycles. The molecule has 1 unspecified atom stereocenters. The Kier molecular flexibility index (Phi) is 5.77. The molecule has 0 saturated heterocycles. The van der Waals surface area contributed by atoms with E-state index in [1.165, 1.54) is 0 Å². The van der Waals surface area contributed by atoms with E-state index in [1.54, 1.807) is 0 Å². The van der Waals surface area contributed by atoms with Gasteiger partial charge >= 0.3 is 0 Å². The summed E-state index contributed by atoms with van der Waals surface area (Å²) in [5, 5.41) is 6.20. The Hall–Kier alpha value is -0.570. The van der Waals surface area contributed by atoms with Crippen LogP contribution in [0.2, 0.25) is 0 Å². The van der Waals surface area contributed by atoms with E-state index in [4.69, 9.17) is 0 Å². The third-order valence-electron chi connectivity index (χ3n) is 1.89. The highest BCUT2D eigenvalue weighted by Gasteiger charge is 2.22. The molecule has 1 amide bonds. The first-order valence-electron chi connectivity index (χ1n) is 5.41. The summed E-state index contributed by atoms with van der Waals surface area (Å²) >= 11 is 0. The average Bonchev–Trinajstić information content (AvgIpc) is 1.97. The molecule has 0 aliphatic carbocycles. The van der Waals surface area contributed by atoms with E-state index in [2.05, 4.69) is 38.3 Å². The van der Waals surface area contributed by atoms with Crippen LogP contribution in [-0.4, -0.2) is 24.0 Å². The Morgan fingerprint density at radius 1 is 0.929 bits per heavy atom. The Bertz CT molecular complexity index is 176. The topological polar surface area (TPSA) is 41.1 Å². The van der Waals surface area contributed by atoms with Crippen molar-refractivity contribution in [2.24, 2.45) is 5.92 Å². The second kappa shape index (κ2) is 6.02. The lowest BCUT2D eigenvalue weighted by atomic mass is 10.0. The summed E-state index contributed by atoms with van der Waals surface area (Å²) in [6.07, 6.45) is 0. The van der Waals surface area contributed by atoms with Gasteiger partial charge in [-0.1, -0.05) is 27.7 Å². The molecule has 84 valence electrons. The molecule has 0 fully saturated rings. The van der Waals surface area contributed by atoms with Crippen LogP contribution >= 0.6 is 0 Å². The van der Waals surface area contributed by atoms with Crippen LogP contribution in [0.5, 0.6) is 0 Å². The summed E-state index contributed by atoms with van der Waals surface area (Å²) in [5.41, 5.74) is 0. The maximum absolute atomic E-state index is 11.8. The van der Waals surface area contributed by atoms with Gasteiger partial charge in [0, 0.05) is 12.1 Å². The maximum Gasteiger partial charge on any atom is 0.237 e. The van der Waals surface area contributed by atoms with E-state index < -0.39 is 0 Å². The third-order valence-corrected chi connectivity index (χ3v) is 1.89. The SMILES string of the molecule is CC(C)NC(=O)C(NC(C)C)C(C)C. The molecule has 3 heteroatoms. The molecule has 14 heavy (non-hydrogen) atoms.